The molecule has 1 amide bonds. The van der Waals surface area contributed by atoms with Crippen LogP contribution in [0.25, 0.3) is 5.76 Å². The van der Waals surface area contributed by atoms with E-state index >= 15 is 0 Å². The minimum Gasteiger partial charge on any atom is -0.507 e. The molecule has 44 heavy (non-hydrogen) atoms. The molecule has 2 aromatic carbocycles. The van der Waals surface area contributed by atoms with Gasteiger partial charge >= 0.3 is 11.9 Å². The van der Waals surface area contributed by atoms with Crippen molar-refractivity contribution in [3.05, 3.63) is 69.2 Å². The fraction of sp³-hybridized carbons (Fsp3) is 0.394. The monoisotopic (exact) mass is 620 g/mol. The minimum atomic E-state index is -1.07. The SMILES string of the molecule is CCCCOc1ccc(C2/C(=C(/O)c3ccc4c(c3)CC(C)O4)C(=O)C(=O)N2c2nc(C)c(C(=O)OCC)s2)cc1OCC. The highest BCUT2D eigenvalue weighted by atomic mass is 32.1. The smallest absolute Gasteiger partial charge is 0.350 e. The molecule has 11 heteroatoms. The summed E-state index contributed by atoms with van der Waals surface area (Å²) < 4.78 is 22.8. The summed E-state index contributed by atoms with van der Waals surface area (Å²) in [6.45, 7) is 10.3. The van der Waals surface area contributed by atoms with Crippen LogP contribution in [0.5, 0.6) is 17.2 Å². The van der Waals surface area contributed by atoms with Crippen molar-refractivity contribution in [1.29, 1.82) is 0 Å². The fourth-order valence-corrected chi connectivity index (χ4v) is 6.34. The van der Waals surface area contributed by atoms with Gasteiger partial charge in [0.05, 0.1) is 37.1 Å². The zero-order valence-corrected chi connectivity index (χ0v) is 26.3. The maximum atomic E-state index is 13.7. The Labute approximate surface area is 260 Å². The number of nitrogens with zero attached hydrogens (tertiary/aromatic N) is 2. The van der Waals surface area contributed by atoms with Crippen molar-refractivity contribution in [2.75, 3.05) is 24.7 Å². The van der Waals surface area contributed by atoms with E-state index in [0.717, 1.165) is 35.5 Å². The van der Waals surface area contributed by atoms with Gasteiger partial charge in [0.2, 0.25) is 0 Å². The number of esters is 1. The van der Waals surface area contributed by atoms with E-state index in [0.29, 0.717) is 48.0 Å². The molecule has 1 saturated heterocycles. The second-order valence-electron chi connectivity index (χ2n) is 10.6. The number of unbranched alkanes of at least 4 members (excludes halogenated alkanes) is 1. The van der Waals surface area contributed by atoms with Crippen LogP contribution >= 0.6 is 11.3 Å². The third kappa shape index (κ3) is 5.88. The Morgan fingerprint density at radius 3 is 2.61 bits per heavy atom. The molecule has 1 fully saturated rings. The van der Waals surface area contributed by atoms with Crippen molar-refractivity contribution in [3.8, 4) is 17.2 Å². The van der Waals surface area contributed by atoms with E-state index < -0.39 is 23.7 Å². The number of hydrogen-bond donors (Lipinski definition) is 1. The Balaban J connectivity index is 1.67. The molecule has 1 aromatic heterocycles. The molecule has 0 aliphatic carbocycles. The number of carbonyl (C=O) groups excluding carboxylic acids is 3. The van der Waals surface area contributed by atoms with Crippen LogP contribution in [0.4, 0.5) is 5.13 Å². The number of ketones is 1. The van der Waals surface area contributed by atoms with Crippen molar-refractivity contribution in [2.24, 2.45) is 0 Å². The molecular formula is C33H36N2O8S. The number of carbonyl (C=O) groups is 3. The molecule has 0 spiro atoms. The molecule has 3 aromatic rings. The number of fused-ring (bicyclic) bond motifs is 1. The number of Topliss-reactive ketones (excluding diaryl/α,β-unsaturated/α-hetero) is 1. The molecule has 2 aliphatic heterocycles. The first-order chi connectivity index (χ1) is 21.2. The van der Waals surface area contributed by atoms with E-state index in [1.807, 2.05) is 13.8 Å². The van der Waals surface area contributed by atoms with Crippen LogP contribution in [0.2, 0.25) is 0 Å². The first-order valence-electron chi connectivity index (χ1n) is 14.8. The Hall–Kier alpha value is -4.38. The van der Waals surface area contributed by atoms with Crippen molar-refractivity contribution >= 4 is 39.9 Å². The van der Waals surface area contributed by atoms with Crippen molar-refractivity contribution < 1.29 is 38.4 Å². The number of thiazole rings is 1. The number of anilines is 1. The zero-order valence-electron chi connectivity index (χ0n) is 25.5. The summed E-state index contributed by atoms with van der Waals surface area (Å²) in [7, 11) is 0. The van der Waals surface area contributed by atoms with Crippen LogP contribution in [0.15, 0.2) is 42.0 Å². The van der Waals surface area contributed by atoms with E-state index in [9.17, 15) is 19.5 Å². The molecule has 2 unspecified atom stereocenters. The van der Waals surface area contributed by atoms with Crippen molar-refractivity contribution in [2.45, 2.75) is 66.0 Å². The normalized spacial score (nSPS) is 18.7. The molecule has 0 radical (unpaired) electrons. The van der Waals surface area contributed by atoms with E-state index in [1.165, 1.54) is 4.90 Å². The zero-order chi connectivity index (χ0) is 31.5. The Bertz CT molecular complexity index is 1630. The number of amides is 1. The fourth-order valence-electron chi connectivity index (χ4n) is 5.35. The largest absolute Gasteiger partial charge is 0.507 e. The highest BCUT2D eigenvalue weighted by Crippen LogP contribution is 2.46. The number of benzene rings is 2. The van der Waals surface area contributed by atoms with Crippen LogP contribution < -0.4 is 19.1 Å². The highest BCUT2D eigenvalue weighted by Gasteiger charge is 2.49. The van der Waals surface area contributed by atoms with Crippen molar-refractivity contribution in [3.63, 3.8) is 0 Å². The Morgan fingerprint density at radius 2 is 1.89 bits per heavy atom. The van der Waals surface area contributed by atoms with Gasteiger partial charge in [0.1, 0.15) is 22.5 Å². The predicted molar refractivity (Wildman–Crippen MR) is 166 cm³/mol. The molecule has 2 aliphatic rings. The molecule has 2 atom stereocenters. The Morgan fingerprint density at radius 1 is 1.09 bits per heavy atom. The standard InChI is InChI=1S/C33H36N2O8S/c1-6-9-14-42-24-13-10-20(17-25(24)40-7-2)27-26(28(36)21-11-12-23-22(16-21)15-18(4)43-23)29(37)31(38)35(27)33-34-19(5)30(44-33)32(39)41-8-3/h10-13,16-18,27,36H,6-9,14-15H2,1-5H3/b28-26-. The minimum absolute atomic E-state index is 0.00948. The van der Waals surface area contributed by atoms with E-state index in [2.05, 4.69) is 11.9 Å². The number of ether oxygens (including phenoxy) is 4. The lowest BCUT2D eigenvalue weighted by Gasteiger charge is -2.24. The second-order valence-corrected chi connectivity index (χ2v) is 11.6. The Kier molecular flexibility index (Phi) is 9.24. The van der Waals surface area contributed by atoms with Gasteiger partial charge in [-0.3, -0.25) is 14.5 Å². The van der Waals surface area contributed by atoms with Gasteiger partial charge < -0.3 is 24.1 Å². The van der Waals surface area contributed by atoms with Gasteiger partial charge in [-0.25, -0.2) is 9.78 Å². The third-order valence-electron chi connectivity index (χ3n) is 7.40. The molecule has 0 bridgehead atoms. The van der Waals surface area contributed by atoms with Gasteiger partial charge in [0.25, 0.3) is 5.78 Å². The summed E-state index contributed by atoms with van der Waals surface area (Å²) in [5.74, 6) is -0.941. The second kappa shape index (κ2) is 13.1. The lowest BCUT2D eigenvalue weighted by Crippen LogP contribution is -2.29. The molecule has 3 heterocycles. The van der Waals surface area contributed by atoms with E-state index in [-0.39, 0.29) is 34.1 Å². The lowest BCUT2D eigenvalue weighted by molar-refractivity contribution is -0.132. The van der Waals surface area contributed by atoms with E-state index in [4.69, 9.17) is 18.9 Å². The lowest BCUT2D eigenvalue weighted by atomic mass is 9.94. The van der Waals surface area contributed by atoms with Crippen molar-refractivity contribution in [1.82, 2.24) is 4.98 Å². The topological polar surface area (TPSA) is 124 Å². The first-order valence-corrected chi connectivity index (χ1v) is 15.6. The summed E-state index contributed by atoms with van der Waals surface area (Å²) in [6, 6.07) is 9.33. The van der Waals surface area contributed by atoms with Gasteiger partial charge in [-0.15, -0.1) is 0 Å². The summed E-state index contributed by atoms with van der Waals surface area (Å²) in [4.78, 5) is 46.1. The average Bonchev–Trinajstić information content (AvgIpc) is 3.65. The number of aliphatic hydroxyl groups excluding tert-OH is 1. The maximum absolute atomic E-state index is 13.7. The summed E-state index contributed by atoms with van der Waals surface area (Å²) in [5.41, 5.74) is 2.05. The van der Waals surface area contributed by atoms with Gasteiger partial charge in [0.15, 0.2) is 16.6 Å². The quantitative estimate of drug-likeness (QED) is 0.0883. The number of aromatic nitrogens is 1. The third-order valence-corrected chi connectivity index (χ3v) is 8.54. The number of aliphatic hydroxyl groups is 1. The van der Waals surface area contributed by atoms with Crippen LogP contribution in [0.1, 0.15) is 78.6 Å². The summed E-state index contributed by atoms with van der Waals surface area (Å²) >= 11 is 0.957. The predicted octanol–water partition coefficient (Wildman–Crippen LogP) is 6.16. The highest BCUT2D eigenvalue weighted by molar-refractivity contribution is 7.17. The van der Waals surface area contributed by atoms with Crippen LogP contribution in [-0.4, -0.2) is 53.7 Å². The first kappa shape index (κ1) is 31.1. The van der Waals surface area contributed by atoms with Crippen LogP contribution in [0.3, 0.4) is 0 Å². The maximum Gasteiger partial charge on any atom is 0.350 e. The number of rotatable bonds is 11. The van der Waals surface area contributed by atoms with Gasteiger partial charge in [-0.05, 0) is 75.6 Å². The molecule has 0 saturated carbocycles. The van der Waals surface area contributed by atoms with Crippen LogP contribution in [-0.2, 0) is 20.7 Å². The number of aryl methyl sites for hydroxylation is 1. The summed E-state index contributed by atoms with van der Waals surface area (Å²) in [6.07, 6.45) is 2.47. The summed E-state index contributed by atoms with van der Waals surface area (Å²) in [5, 5.41) is 11.8. The van der Waals surface area contributed by atoms with Gasteiger partial charge in [-0.2, -0.15) is 0 Å². The molecular weight excluding hydrogens is 584 g/mol. The molecule has 5 rings (SSSR count). The average molecular weight is 621 g/mol. The van der Waals surface area contributed by atoms with Crippen LogP contribution in [0, 0.1) is 6.92 Å². The molecule has 1 N–H and O–H groups in total. The van der Waals surface area contributed by atoms with Gasteiger partial charge in [0, 0.05) is 12.0 Å². The number of hydrogen-bond acceptors (Lipinski definition) is 10. The molecule has 232 valence electrons. The van der Waals surface area contributed by atoms with Gasteiger partial charge in [-0.1, -0.05) is 30.7 Å². The molecule has 10 nitrogen and oxygen atoms in total. The van der Waals surface area contributed by atoms with E-state index in [1.54, 1.807) is 50.2 Å².